The number of Topliss-reactive ketones (excluding diaryl/α,β-unsaturated/α-hetero) is 1. The summed E-state index contributed by atoms with van der Waals surface area (Å²) in [5.74, 6) is 0.0721. The Balaban J connectivity index is 1.93. The lowest BCUT2D eigenvalue weighted by atomic mass is 9.44. The van der Waals surface area contributed by atoms with Crippen molar-refractivity contribution in [2.75, 3.05) is 19.8 Å². The molecule has 0 spiro atoms. The van der Waals surface area contributed by atoms with E-state index in [1.807, 2.05) is 58.0 Å². The van der Waals surface area contributed by atoms with Crippen molar-refractivity contribution < 1.29 is 28.6 Å². The number of amides is 2. The minimum atomic E-state index is -0.823. The average molecular weight is 488 g/mol. The van der Waals surface area contributed by atoms with Crippen molar-refractivity contribution in [2.24, 2.45) is 0 Å². The number of ketones is 1. The van der Waals surface area contributed by atoms with E-state index in [4.69, 9.17) is 14.2 Å². The number of carbonyl (C=O) groups is 3. The van der Waals surface area contributed by atoms with Gasteiger partial charge in [-0.3, -0.25) is 4.79 Å². The summed E-state index contributed by atoms with van der Waals surface area (Å²) >= 11 is 0. The van der Waals surface area contributed by atoms with E-state index >= 15 is 0 Å². The van der Waals surface area contributed by atoms with Crippen LogP contribution in [0.25, 0.3) is 0 Å². The van der Waals surface area contributed by atoms with Crippen LogP contribution in [0, 0.1) is 0 Å². The van der Waals surface area contributed by atoms with Crippen molar-refractivity contribution in [1.82, 2.24) is 10.2 Å². The first kappa shape index (κ1) is 28.7. The van der Waals surface area contributed by atoms with Gasteiger partial charge >= 0.3 is 12.2 Å². The summed E-state index contributed by atoms with van der Waals surface area (Å²) in [6, 6.07) is 8.40. The van der Waals surface area contributed by atoms with Crippen LogP contribution in [0.5, 0.6) is 0 Å². The lowest BCUT2D eigenvalue weighted by Gasteiger charge is -2.29. The molecule has 35 heavy (non-hydrogen) atoms. The van der Waals surface area contributed by atoms with Crippen LogP contribution in [0.3, 0.4) is 0 Å². The number of nitrogens with zero attached hydrogens (tertiary/aromatic N) is 1. The highest BCUT2D eigenvalue weighted by Crippen LogP contribution is 2.21. The standard InChI is InChI=1S/C26H41BN2O6/c1-19(27(5)6)15-23(30)22(28-24(31)34-16-20-11-8-7-9-12-20)18-33-17-21-13-10-14-29(21)25(32)35-26(2,3)4/h7-9,11-12,19,21-22H,10,13-18H2,1-6H3,(H,28,31)/t19?,21-,22+/m1/s1. The van der Waals surface area contributed by atoms with Crippen LogP contribution in [0.15, 0.2) is 30.3 Å². The monoisotopic (exact) mass is 488 g/mol. The highest BCUT2D eigenvalue weighted by molar-refractivity contribution is 6.57. The van der Waals surface area contributed by atoms with Crippen LogP contribution >= 0.6 is 0 Å². The highest BCUT2D eigenvalue weighted by atomic mass is 16.6. The van der Waals surface area contributed by atoms with Crippen LogP contribution < -0.4 is 5.32 Å². The molecule has 1 heterocycles. The molecule has 1 unspecified atom stereocenters. The second-order valence-electron chi connectivity index (χ2n) is 10.7. The maximum absolute atomic E-state index is 13.0. The second-order valence-corrected chi connectivity index (χ2v) is 10.7. The molecule has 0 aromatic heterocycles. The number of likely N-dealkylation sites (tertiary alicyclic amines) is 1. The number of ether oxygens (including phenoxy) is 3. The van der Waals surface area contributed by atoms with E-state index in [9.17, 15) is 14.4 Å². The minimum absolute atomic E-state index is 0.0166. The van der Waals surface area contributed by atoms with Gasteiger partial charge in [-0.25, -0.2) is 9.59 Å². The van der Waals surface area contributed by atoms with E-state index in [-0.39, 0.29) is 43.6 Å². The quantitative estimate of drug-likeness (QED) is 0.450. The molecule has 1 aromatic carbocycles. The summed E-state index contributed by atoms with van der Waals surface area (Å²) in [6.45, 7) is 13.0. The Morgan fingerprint density at radius 3 is 2.49 bits per heavy atom. The third-order valence-corrected chi connectivity index (χ3v) is 6.15. The molecule has 0 bridgehead atoms. The van der Waals surface area contributed by atoms with E-state index in [2.05, 4.69) is 19.0 Å². The molecule has 0 aliphatic carbocycles. The topological polar surface area (TPSA) is 94.2 Å². The molecule has 1 saturated heterocycles. The first-order chi connectivity index (χ1) is 16.5. The van der Waals surface area contributed by atoms with Gasteiger partial charge in [0.25, 0.3) is 0 Å². The zero-order valence-corrected chi connectivity index (χ0v) is 22.0. The zero-order chi connectivity index (χ0) is 26.0. The van der Waals surface area contributed by atoms with Gasteiger partial charge < -0.3 is 24.4 Å². The van der Waals surface area contributed by atoms with Gasteiger partial charge in [-0.05, 0) is 39.2 Å². The third-order valence-electron chi connectivity index (χ3n) is 6.15. The number of rotatable bonds is 11. The van der Waals surface area contributed by atoms with Gasteiger partial charge in [-0.15, -0.1) is 0 Å². The van der Waals surface area contributed by atoms with E-state index in [1.165, 1.54) is 0 Å². The SMILES string of the molecule is CB(C)C(C)CC(=O)[C@H](COC[C@H]1CCCN1C(=O)OC(C)(C)C)NC(=O)OCc1ccccc1. The summed E-state index contributed by atoms with van der Waals surface area (Å²) in [5.41, 5.74) is 0.290. The molecular formula is C26H41BN2O6. The van der Waals surface area contributed by atoms with Crippen LogP contribution in [0.2, 0.25) is 19.5 Å². The van der Waals surface area contributed by atoms with Crippen molar-refractivity contribution in [3.63, 3.8) is 0 Å². The maximum atomic E-state index is 13.0. The molecule has 2 rings (SSSR count). The molecule has 1 N–H and O–H groups in total. The Labute approximate surface area is 210 Å². The predicted octanol–water partition coefficient (Wildman–Crippen LogP) is 4.80. The molecular weight excluding hydrogens is 447 g/mol. The van der Waals surface area contributed by atoms with Crippen molar-refractivity contribution in [3.05, 3.63) is 35.9 Å². The van der Waals surface area contributed by atoms with Gasteiger partial charge in [0.15, 0.2) is 5.78 Å². The van der Waals surface area contributed by atoms with Crippen LogP contribution in [-0.2, 0) is 25.6 Å². The Morgan fingerprint density at radius 1 is 1.17 bits per heavy atom. The summed E-state index contributed by atoms with van der Waals surface area (Å²) in [4.78, 5) is 39.6. The van der Waals surface area contributed by atoms with Crippen LogP contribution in [-0.4, -0.2) is 67.0 Å². The first-order valence-electron chi connectivity index (χ1n) is 12.5. The van der Waals surface area contributed by atoms with Crippen molar-refractivity contribution >= 4 is 24.7 Å². The van der Waals surface area contributed by atoms with E-state index in [0.717, 1.165) is 18.4 Å². The number of benzene rings is 1. The number of alkyl carbamates (subject to hydrolysis) is 1. The molecule has 1 fully saturated rings. The Hall–Kier alpha value is -2.55. The molecule has 0 radical (unpaired) electrons. The molecule has 0 saturated carbocycles. The molecule has 3 atom stereocenters. The number of nitrogens with one attached hydrogen (secondary N) is 1. The first-order valence-corrected chi connectivity index (χ1v) is 12.5. The van der Waals surface area contributed by atoms with E-state index in [0.29, 0.717) is 19.7 Å². The fourth-order valence-corrected chi connectivity index (χ4v) is 3.71. The van der Waals surface area contributed by atoms with Crippen molar-refractivity contribution in [1.29, 1.82) is 0 Å². The molecule has 1 aliphatic rings. The Kier molecular flexibility index (Phi) is 11.1. The smallest absolute Gasteiger partial charge is 0.410 e. The van der Waals surface area contributed by atoms with Gasteiger partial charge in [0.2, 0.25) is 0 Å². The third kappa shape index (κ3) is 10.3. The van der Waals surface area contributed by atoms with Crippen LogP contribution in [0.4, 0.5) is 9.59 Å². The largest absolute Gasteiger partial charge is 0.445 e. The number of hydrogen-bond donors (Lipinski definition) is 1. The molecule has 2 amide bonds. The summed E-state index contributed by atoms with van der Waals surface area (Å²) in [7, 11) is 0. The van der Waals surface area contributed by atoms with Crippen molar-refractivity contribution in [3.8, 4) is 0 Å². The minimum Gasteiger partial charge on any atom is -0.445 e. The lowest BCUT2D eigenvalue weighted by molar-refractivity contribution is -0.122. The Bertz CT molecular complexity index is 827. The Morgan fingerprint density at radius 2 is 1.86 bits per heavy atom. The van der Waals surface area contributed by atoms with Crippen molar-refractivity contribution in [2.45, 2.75) is 90.7 Å². The fourth-order valence-electron chi connectivity index (χ4n) is 3.71. The summed E-state index contributed by atoms with van der Waals surface area (Å²) in [6.07, 6.45) is 0.979. The van der Waals surface area contributed by atoms with Gasteiger partial charge in [0.1, 0.15) is 25.0 Å². The fraction of sp³-hybridized carbons (Fsp3) is 0.654. The normalized spacial score (nSPS) is 17.4. The molecule has 194 valence electrons. The van der Waals surface area contributed by atoms with E-state index < -0.39 is 17.7 Å². The predicted molar refractivity (Wildman–Crippen MR) is 137 cm³/mol. The van der Waals surface area contributed by atoms with Gasteiger partial charge in [0.05, 0.1) is 19.3 Å². The molecule has 1 aromatic rings. The second kappa shape index (κ2) is 13.5. The van der Waals surface area contributed by atoms with E-state index in [1.54, 1.807) is 4.90 Å². The molecule has 9 heteroatoms. The molecule has 8 nitrogen and oxygen atoms in total. The average Bonchev–Trinajstić information content (AvgIpc) is 3.25. The van der Waals surface area contributed by atoms with Gasteiger partial charge in [-0.2, -0.15) is 0 Å². The summed E-state index contributed by atoms with van der Waals surface area (Å²) in [5, 5.41) is 2.68. The zero-order valence-electron chi connectivity index (χ0n) is 22.0. The maximum Gasteiger partial charge on any atom is 0.410 e. The molecule has 1 aliphatic heterocycles. The van der Waals surface area contributed by atoms with Gasteiger partial charge in [-0.1, -0.05) is 56.7 Å². The number of hydrogen-bond acceptors (Lipinski definition) is 6. The van der Waals surface area contributed by atoms with Gasteiger partial charge in [0, 0.05) is 13.0 Å². The highest BCUT2D eigenvalue weighted by Gasteiger charge is 2.33. The number of carbonyl (C=O) groups excluding carboxylic acids is 3. The van der Waals surface area contributed by atoms with Crippen LogP contribution in [0.1, 0.15) is 52.5 Å². The lowest BCUT2D eigenvalue weighted by Crippen LogP contribution is -2.46. The summed E-state index contributed by atoms with van der Waals surface area (Å²) < 4.78 is 16.7.